The predicted octanol–water partition coefficient (Wildman–Crippen LogP) is 4.53. The zero-order chi connectivity index (χ0) is 17.1. The molecule has 0 saturated carbocycles. The number of nitrogens with zero attached hydrogens (tertiary/aromatic N) is 1. The van der Waals surface area contributed by atoms with E-state index in [1.165, 1.54) is 20.9 Å². The first-order chi connectivity index (χ1) is 12.3. The third kappa shape index (κ3) is 3.59. The van der Waals surface area contributed by atoms with Crippen LogP contribution in [0.5, 0.6) is 5.75 Å². The average Bonchev–Trinajstić information content (AvgIpc) is 2.67. The fraction of sp³-hybridized carbons (Fsp3) is 0.0455. The Morgan fingerprint density at radius 3 is 2.28 bits per heavy atom. The van der Waals surface area contributed by atoms with Gasteiger partial charge in [-0.1, -0.05) is 66.7 Å². The predicted molar refractivity (Wildman–Crippen MR) is 104 cm³/mol. The largest absolute Gasteiger partial charge is 0.645 e. The van der Waals surface area contributed by atoms with E-state index in [9.17, 15) is 0 Å². The molecule has 0 spiro atoms. The van der Waals surface area contributed by atoms with Crippen LogP contribution in [0.1, 0.15) is 5.69 Å². The Morgan fingerprint density at radius 1 is 0.720 bits per heavy atom. The summed E-state index contributed by atoms with van der Waals surface area (Å²) in [5.74, 6) is 0.902. The molecule has 0 atom stereocenters. The summed E-state index contributed by atoms with van der Waals surface area (Å²) in [6.07, 6.45) is 0. The van der Waals surface area contributed by atoms with Crippen molar-refractivity contribution in [1.82, 2.24) is 4.98 Å². The molecule has 0 N–H and O–H groups in total. The maximum absolute atomic E-state index is 6.07. The van der Waals surface area contributed by atoms with Crippen molar-refractivity contribution in [2.24, 2.45) is 0 Å². The fourth-order valence-corrected chi connectivity index (χ4v) is 3.80. The van der Waals surface area contributed by atoms with E-state index in [2.05, 4.69) is 65.6 Å². The van der Waals surface area contributed by atoms with Crippen LogP contribution in [-0.2, 0) is 0 Å². The second-order valence-corrected chi connectivity index (χ2v) is 7.09. The van der Waals surface area contributed by atoms with E-state index in [4.69, 9.17) is 3.79 Å². The average molecular weight is 338 g/mol. The molecule has 0 aliphatic rings. The molecule has 1 heterocycles. The van der Waals surface area contributed by atoms with Gasteiger partial charge < -0.3 is 3.79 Å². The van der Waals surface area contributed by atoms with Crippen molar-refractivity contribution in [3.8, 4) is 16.9 Å². The highest BCUT2D eigenvalue weighted by atomic mass is 27.1. The maximum Gasteiger partial charge on any atom is 0.572 e. The minimum atomic E-state index is -0.326. The van der Waals surface area contributed by atoms with E-state index in [0.29, 0.717) is 0 Å². The number of fused-ring (bicyclic) bond motifs is 1. The van der Waals surface area contributed by atoms with Crippen LogP contribution in [0.2, 0.25) is 0 Å². The van der Waals surface area contributed by atoms with Gasteiger partial charge in [-0.3, -0.25) is 4.98 Å². The second-order valence-electron chi connectivity index (χ2n) is 6.00. The normalized spacial score (nSPS) is 10.6. The lowest BCUT2D eigenvalue weighted by molar-refractivity contribution is 0.605. The number of benzene rings is 3. The van der Waals surface area contributed by atoms with Gasteiger partial charge in [-0.2, -0.15) is 0 Å². The van der Waals surface area contributed by atoms with E-state index in [-0.39, 0.29) is 15.6 Å². The highest BCUT2D eigenvalue weighted by molar-refractivity contribution is 6.51. The molecule has 0 aliphatic carbocycles. The number of para-hydroxylation sites is 1. The number of aromatic nitrogens is 1. The number of rotatable bonds is 4. The van der Waals surface area contributed by atoms with E-state index in [0.717, 1.165) is 17.0 Å². The highest BCUT2D eigenvalue weighted by Gasteiger charge is 2.09. The molecule has 0 bridgehead atoms. The monoisotopic (exact) mass is 338 g/mol. The zero-order valence-electron chi connectivity index (χ0n) is 14.0. The Labute approximate surface area is 154 Å². The van der Waals surface area contributed by atoms with Crippen molar-refractivity contribution in [2.45, 2.75) is 6.92 Å². The number of pyridine rings is 1. The summed E-state index contributed by atoms with van der Waals surface area (Å²) in [5, 5.41) is 1.17. The highest BCUT2D eigenvalue weighted by Crippen LogP contribution is 2.22. The van der Waals surface area contributed by atoms with Crippen molar-refractivity contribution < 1.29 is 3.79 Å². The van der Waals surface area contributed by atoms with Gasteiger partial charge in [-0.15, -0.1) is 0 Å². The molecule has 0 saturated heterocycles. The van der Waals surface area contributed by atoms with Crippen LogP contribution in [0, 0.1) is 6.92 Å². The zero-order valence-corrected chi connectivity index (χ0v) is 15.2. The standard InChI is InChI=1S/C12H10O.C10H8N.Al/c13-12-8-6-11(7-9-12)10-4-2-1-3-5-10;1-8-6-7-9-4-2-3-5-10(9)11-8;/h1-9,13H;2-4,6-7H,1H3;/q;;+1/p-1. The molecule has 0 unspecified atom stereocenters. The summed E-state index contributed by atoms with van der Waals surface area (Å²) < 4.78 is 7.26. The topological polar surface area (TPSA) is 22.1 Å². The summed E-state index contributed by atoms with van der Waals surface area (Å²) in [6, 6.07) is 29.1. The molecule has 0 aliphatic heterocycles. The van der Waals surface area contributed by atoms with Gasteiger partial charge in [0.2, 0.25) is 0 Å². The Hall–Kier alpha value is -2.60. The SMILES string of the molecule is Cc1ccc2ccc[c]([Al][O]c3ccc(-c4ccccc4)cc3)c2n1. The van der Waals surface area contributed by atoms with Gasteiger partial charge in [0, 0.05) is 5.69 Å². The maximum atomic E-state index is 6.07. The van der Waals surface area contributed by atoms with E-state index >= 15 is 0 Å². The first-order valence-electron chi connectivity index (χ1n) is 8.31. The minimum absolute atomic E-state index is 0.326. The van der Waals surface area contributed by atoms with Crippen LogP contribution in [0.25, 0.3) is 22.0 Å². The molecule has 2 nitrogen and oxygen atoms in total. The van der Waals surface area contributed by atoms with Crippen LogP contribution in [0.15, 0.2) is 84.9 Å². The van der Waals surface area contributed by atoms with Crippen LogP contribution in [0.4, 0.5) is 0 Å². The molecular formula is C22H17AlNO. The Balaban J connectivity index is 1.53. The summed E-state index contributed by atoms with van der Waals surface area (Å²) >= 11 is -0.326. The van der Waals surface area contributed by atoms with Gasteiger partial charge in [0.15, 0.2) is 0 Å². The number of hydrogen-bond donors (Lipinski definition) is 0. The second kappa shape index (κ2) is 7.11. The first-order valence-corrected chi connectivity index (χ1v) is 9.36. The van der Waals surface area contributed by atoms with Gasteiger partial charge in [0.05, 0.1) is 11.3 Å². The van der Waals surface area contributed by atoms with E-state index < -0.39 is 0 Å². The van der Waals surface area contributed by atoms with Crippen molar-refractivity contribution in [3.05, 3.63) is 90.6 Å². The molecule has 3 aromatic carbocycles. The number of aryl methyl sites for hydroxylation is 1. The lowest BCUT2D eigenvalue weighted by Gasteiger charge is -2.10. The van der Waals surface area contributed by atoms with Crippen LogP contribution < -0.4 is 8.21 Å². The smallest absolute Gasteiger partial charge is 0.572 e. The van der Waals surface area contributed by atoms with Crippen LogP contribution >= 0.6 is 0 Å². The molecule has 119 valence electrons. The van der Waals surface area contributed by atoms with Crippen molar-refractivity contribution >= 4 is 30.9 Å². The summed E-state index contributed by atoms with van der Waals surface area (Å²) in [5.41, 5.74) is 4.51. The molecule has 1 radical (unpaired) electrons. The van der Waals surface area contributed by atoms with Crippen molar-refractivity contribution in [1.29, 1.82) is 0 Å². The minimum Gasteiger partial charge on any atom is -0.645 e. The summed E-state index contributed by atoms with van der Waals surface area (Å²) in [7, 11) is 0. The van der Waals surface area contributed by atoms with Crippen LogP contribution in [-0.4, -0.2) is 20.5 Å². The van der Waals surface area contributed by atoms with Gasteiger partial charge >= 0.3 is 15.6 Å². The Morgan fingerprint density at radius 2 is 1.48 bits per heavy atom. The molecule has 1 aromatic heterocycles. The van der Waals surface area contributed by atoms with E-state index in [1.807, 2.05) is 31.2 Å². The van der Waals surface area contributed by atoms with Gasteiger partial charge in [-0.05, 0) is 46.1 Å². The van der Waals surface area contributed by atoms with Crippen molar-refractivity contribution in [3.63, 3.8) is 0 Å². The first kappa shape index (κ1) is 15.9. The molecule has 4 rings (SSSR count). The molecule has 0 amide bonds. The molecule has 4 aromatic rings. The van der Waals surface area contributed by atoms with E-state index in [1.54, 1.807) is 0 Å². The summed E-state index contributed by atoms with van der Waals surface area (Å²) in [4.78, 5) is 4.68. The Kier molecular flexibility index (Phi) is 4.52. The van der Waals surface area contributed by atoms with Gasteiger partial charge in [0.1, 0.15) is 0 Å². The summed E-state index contributed by atoms with van der Waals surface area (Å²) in [6.45, 7) is 2.02. The third-order valence-corrected chi connectivity index (χ3v) is 5.28. The molecular weight excluding hydrogens is 321 g/mol. The lowest BCUT2D eigenvalue weighted by Crippen LogP contribution is -2.22. The lowest BCUT2D eigenvalue weighted by atomic mass is 10.1. The van der Waals surface area contributed by atoms with Crippen molar-refractivity contribution in [2.75, 3.05) is 0 Å². The quantitative estimate of drug-likeness (QED) is 0.510. The van der Waals surface area contributed by atoms with Gasteiger partial charge in [0.25, 0.3) is 0 Å². The molecule has 25 heavy (non-hydrogen) atoms. The fourth-order valence-electron chi connectivity index (χ4n) is 2.85. The molecule has 3 heteroatoms. The Bertz CT molecular complexity index is 997. The number of hydrogen-bond acceptors (Lipinski definition) is 2. The van der Waals surface area contributed by atoms with Crippen LogP contribution in [0.3, 0.4) is 0 Å². The third-order valence-electron chi connectivity index (χ3n) is 4.17. The van der Waals surface area contributed by atoms with Gasteiger partial charge in [-0.25, -0.2) is 0 Å². The molecule has 0 fully saturated rings.